The van der Waals surface area contributed by atoms with Gasteiger partial charge >= 0.3 is 0 Å². The second-order valence-electron chi connectivity index (χ2n) is 20.0. The van der Waals surface area contributed by atoms with Gasteiger partial charge in [-0.2, -0.15) is 0 Å². The van der Waals surface area contributed by atoms with Gasteiger partial charge in [0.05, 0.1) is 22.1 Å². The summed E-state index contributed by atoms with van der Waals surface area (Å²) in [6.07, 6.45) is 0. The lowest BCUT2D eigenvalue weighted by atomic mass is 9.70. The molecule has 2 heteroatoms. The minimum absolute atomic E-state index is 0.383. The van der Waals surface area contributed by atoms with Gasteiger partial charge < -0.3 is 9.47 Å². The van der Waals surface area contributed by atoms with E-state index in [1.807, 2.05) is 0 Å². The molecule has 1 spiro atoms. The predicted molar refractivity (Wildman–Crippen MR) is 314 cm³/mol. The van der Waals surface area contributed by atoms with E-state index < -0.39 is 0 Å². The van der Waals surface area contributed by atoms with Crippen molar-refractivity contribution in [3.05, 3.63) is 313 Å². The zero-order chi connectivity index (χ0) is 49.5. The summed E-state index contributed by atoms with van der Waals surface area (Å²) in [5.41, 5.74) is 26.7. The van der Waals surface area contributed by atoms with Crippen LogP contribution in [0.3, 0.4) is 0 Å². The van der Waals surface area contributed by atoms with Gasteiger partial charge in [-0.3, -0.25) is 0 Å². The molecule has 13 aromatic rings. The lowest BCUT2D eigenvalue weighted by molar-refractivity contribution is 0.794. The fraction of sp³-hybridized carbons (Fsp3) is 0.0137. The zero-order valence-corrected chi connectivity index (χ0v) is 41.1. The summed E-state index contributed by atoms with van der Waals surface area (Å²) in [6, 6.07) is 107. The van der Waals surface area contributed by atoms with Crippen LogP contribution in [0.5, 0.6) is 0 Å². The molecule has 1 heterocycles. The van der Waals surface area contributed by atoms with E-state index in [0.717, 1.165) is 17.1 Å². The molecule has 2 aliphatic rings. The first-order valence-electron chi connectivity index (χ1n) is 26.0. The molecule has 0 saturated heterocycles. The van der Waals surface area contributed by atoms with Crippen molar-refractivity contribution in [2.75, 3.05) is 4.90 Å². The Bertz CT molecular complexity index is 4200. The topological polar surface area (TPSA) is 8.17 Å². The van der Waals surface area contributed by atoms with Gasteiger partial charge in [0.15, 0.2) is 0 Å². The summed E-state index contributed by atoms with van der Waals surface area (Å²) in [7, 11) is 0. The quantitative estimate of drug-likeness (QED) is 0.147. The molecule has 12 aromatic carbocycles. The third-order valence-electron chi connectivity index (χ3n) is 16.1. The van der Waals surface area contributed by atoms with Gasteiger partial charge in [0.1, 0.15) is 0 Å². The molecule has 1 aromatic heterocycles. The van der Waals surface area contributed by atoms with E-state index in [1.54, 1.807) is 0 Å². The molecule has 0 fully saturated rings. The lowest BCUT2D eigenvalue weighted by Crippen LogP contribution is -2.25. The van der Waals surface area contributed by atoms with Crippen molar-refractivity contribution >= 4 is 38.9 Å². The second kappa shape index (κ2) is 17.2. The lowest BCUT2D eigenvalue weighted by Gasteiger charge is -2.30. The average Bonchev–Trinajstić information content (AvgIpc) is 4.30. The molecule has 0 unspecified atom stereocenters. The van der Waals surface area contributed by atoms with Crippen molar-refractivity contribution in [2.45, 2.75) is 5.41 Å². The van der Waals surface area contributed by atoms with Crippen molar-refractivity contribution in [1.29, 1.82) is 0 Å². The van der Waals surface area contributed by atoms with Crippen LogP contribution in [0, 0.1) is 0 Å². The van der Waals surface area contributed by atoms with Crippen LogP contribution in [0.4, 0.5) is 17.1 Å². The van der Waals surface area contributed by atoms with Gasteiger partial charge in [0, 0.05) is 33.4 Å². The van der Waals surface area contributed by atoms with Crippen LogP contribution >= 0.6 is 0 Å². The Morgan fingerprint density at radius 3 is 1.09 bits per heavy atom. The van der Waals surface area contributed by atoms with E-state index in [1.165, 1.54) is 117 Å². The van der Waals surface area contributed by atoms with Crippen molar-refractivity contribution < 1.29 is 0 Å². The highest BCUT2D eigenvalue weighted by Gasteiger charge is 2.51. The van der Waals surface area contributed by atoms with E-state index in [4.69, 9.17) is 0 Å². The minimum atomic E-state index is -0.383. The molecule has 75 heavy (non-hydrogen) atoms. The normalized spacial score (nSPS) is 12.6. The summed E-state index contributed by atoms with van der Waals surface area (Å²) < 4.78 is 2.41. The SMILES string of the molecule is c1ccc(-c2ccc(N(c3ccc(-c4ccc(-c5ccccc5-n5c6ccccc6c6ccccc65)cc4)cc3)c3ccc(-c4ccc5c(c4)C4(c6ccccc6-c6ccccc64)c4ccccc4-5)cc3)cc2)cc1. The zero-order valence-electron chi connectivity index (χ0n) is 41.1. The number of hydrogen-bond donors (Lipinski definition) is 0. The standard InChI is InChI=1S/C73H48N2/c1-2-16-49(17-3-1)51-34-41-56(42-35-51)74(57-43-36-52(37-44-57)50-30-32-54(33-31-50)59-18-7-13-27-70(59)75-71-28-14-8-22-64(71)65-23-9-15-29-72(65)75)58-45-38-53(39-46-58)55-40-47-63-62-21-6-12-26-68(62)73(69(63)48-55)66-24-10-4-19-60(66)61-20-5-11-25-67(61)73/h1-48H. The number of anilines is 3. The van der Waals surface area contributed by atoms with Gasteiger partial charge in [-0.15, -0.1) is 0 Å². The first kappa shape index (κ1) is 42.9. The van der Waals surface area contributed by atoms with Gasteiger partial charge in [-0.25, -0.2) is 0 Å². The Morgan fingerprint density at radius 1 is 0.240 bits per heavy atom. The number of hydrogen-bond acceptors (Lipinski definition) is 1. The molecule has 0 atom stereocenters. The van der Waals surface area contributed by atoms with E-state index in [2.05, 4.69) is 301 Å². The molecule has 0 radical (unpaired) electrons. The fourth-order valence-corrected chi connectivity index (χ4v) is 12.7. The van der Waals surface area contributed by atoms with Crippen LogP contribution < -0.4 is 4.90 Å². The first-order chi connectivity index (χ1) is 37.2. The van der Waals surface area contributed by atoms with Crippen LogP contribution in [-0.4, -0.2) is 4.57 Å². The number of fused-ring (bicyclic) bond motifs is 13. The van der Waals surface area contributed by atoms with Crippen LogP contribution in [0.15, 0.2) is 291 Å². The average molecular weight is 953 g/mol. The molecule has 15 rings (SSSR count). The molecule has 0 bridgehead atoms. The van der Waals surface area contributed by atoms with Crippen LogP contribution in [-0.2, 0) is 5.41 Å². The maximum Gasteiger partial charge on any atom is 0.0725 e. The molecular weight excluding hydrogens is 905 g/mol. The highest BCUT2D eigenvalue weighted by atomic mass is 15.1. The number of rotatable bonds is 8. The molecule has 0 N–H and O–H groups in total. The Hall–Kier alpha value is -9.76. The Labute approximate surface area is 437 Å². The third kappa shape index (κ3) is 6.66. The van der Waals surface area contributed by atoms with E-state index in [-0.39, 0.29) is 5.41 Å². The maximum absolute atomic E-state index is 2.47. The van der Waals surface area contributed by atoms with E-state index in [9.17, 15) is 0 Å². The number of para-hydroxylation sites is 3. The van der Waals surface area contributed by atoms with Crippen LogP contribution in [0.1, 0.15) is 22.3 Å². The molecule has 350 valence electrons. The first-order valence-corrected chi connectivity index (χ1v) is 26.0. The van der Waals surface area contributed by atoms with Gasteiger partial charge in [0.2, 0.25) is 0 Å². The Kier molecular flexibility index (Phi) is 9.83. The summed E-state index contributed by atoms with van der Waals surface area (Å²) in [5, 5.41) is 2.53. The highest BCUT2D eigenvalue weighted by Crippen LogP contribution is 2.63. The summed E-state index contributed by atoms with van der Waals surface area (Å²) in [4.78, 5) is 2.37. The number of benzene rings is 12. The van der Waals surface area contributed by atoms with E-state index in [0.29, 0.717) is 0 Å². The smallest absolute Gasteiger partial charge is 0.0725 e. The third-order valence-corrected chi connectivity index (χ3v) is 16.1. The predicted octanol–water partition coefficient (Wildman–Crippen LogP) is 19.3. The molecule has 0 saturated carbocycles. The molecule has 2 aliphatic carbocycles. The fourth-order valence-electron chi connectivity index (χ4n) is 12.7. The highest BCUT2D eigenvalue weighted by molar-refractivity contribution is 6.10. The van der Waals surface area contributed by atoms with Gasteiger partial charge in [-0.1, -0.05) is 231 Å². The minimum Gasteiger partial charge on any atom is -0.311 e. The largest absolute Gasteiger partial charge is 0.311 e. The molecular formula is C73H48N2. The maximum atomic E-state index is 2.47. The molecule has 2 nitrogen and oxygen atoms in total. The molecule has 0 aliphatic heterocycles. The number of nitrogens with zero attached hydrogens (tertiary/aromatic N) is 2. The van der Waals surface area contributed by atoms with E-state index >= 15 is 0 Å². The summed E-state index contributed by atoms with van der Waals surface area (Å²) in [6.45, 7) is 0. The van der Waals surface area contributed by atoms with Crippen molar-refractivity contribution in [2.24, 2.45) is 0 Å². The van der Waals surface area contributed by atoms with Gasteiger partial charge in [-0.05, 0) is 144 Å². The van der Waals surface area contributed by atoms with Gasteiger partial charge in [0.25, 0.3) is 0 Å². The van der Waals surface area contributed by atoms with Crippen molar-refractivity contribution in [3.8, 4) is 72.4 Å². The van der Waals surface area contributed by atoms with Crippen molar-refractivity contribution in [1.82, 2.24) is 4.57 Å². The molecule has 0 amide bonds. The number of aromatic nitrogens is 1. The Morgan fingerprint density at radius 2 is 0.587 bits per heavy atom. The second-order valence-corrected chi connectivity index (χ2v) is 20.0. The van der Waals surface area contributed by atoms with Crippen LogP contribution in [0.2, 0.25) is 0 Å². The van der Waals surface area contributed by atoms with Crippen LogP contribution in [0.25, 0.3) is 94.3 Å². The summed E-state index contributed by atoms with van der Waals surface area (Å²) >= 11 is 0. The van der Waals surface area contributed by atoms with Crippen molar-refractivity contribution in [3.63, 3.8) is 0 Å². The monoisotopic (exact) mass is 952 g/mol. The summed E-state index contributed by atoms with van der Waals surface area (Å²) in [5.74, 6) is 0. The Balaban J connectivity index is 0.778.